The summed E-state index contributed by atoms with van der Waals surface area (Å²) in [6.07, 6.45) is 7.74. The molecule has 0 atom stereocenters. The summed E-state index contributed by atoms with van der Waals surface area (Å²) in [5.41, 5.74) is 2.31. The number of nitrogens with zero attached hydrogens (tertiary/aromatic N) is 3. The Kier molecular flexibility index (Phi) is 4.36. The summed E-state index contributed by atoms with van der Waals surface area (Å²) >= 11 is 0. The van der Waals surface area contributed by atoms with E-state index in [2.05, 4.69) is 16.6 Å². The Hall–Kier alpha value is -2.83. The van der Waals surface area contributed by atoms with Crippen molar-refractivity contribution in [2.24, 2.45) is 0 Å². The zero-order chi connectivity index (χ0) is 18.1. The number of aromatic nitrogens is 3. The zero-order valence-electron chi connectivity index (χ0n) is 14.7. The Morgan fingerprint density at radius 3 is 2.77 bits per heavy atom. The summed E-state index contributed by atoms with van der Waals surface area (Å²) in [5.74, 6) is -0.656. The molecule has 0 aliphatic heterocycles. The number of carbonyl (C=O) groups excluding carboxylic acids is 1. The molecule has 1 amide bonds. The molecule has 7 heteroatoms. The normalized spacial score (nSPS) is 20.3. The molecule has 2 heterocycles. The van der Waals surface area contributed by atoms with Crippen molar-refractivity contribution in [1.29, 1.82) is 0 Å². The van der Waals surface area contributed by atoms with Gasteiger partial charge in [-0.3, -0.25) is 14.0 Å². The van der Waals surface area contributed by atoms with Gasteiger partial charge in [-0.2, -0.15) is 5.10 Å². The Morgan fingerprint density at radius 1 is 1.27 bits per heavy atom. The van der Waals surface area contributed by atoms with Gasteiger partial charge in [0.1, 0.15) is 6.54 Å². The summed E-state index contributed by atoms with van der Waals surface area (Å²) in [6, 6.07) is 7.68. The van der Waals surface area contributed by atoms with Crippen LogP contribution in [0.25, 0.3) is 11.1 Å². The number of para-hydroxylation sites is 2. The van der Waals surface area contributed by atoms with Crippen LogP contribution in [-0.2, 0) is 11.3 Å². The number of fused-ring (bicyclic) bond motifs is 1. The van der Waals surface area contributed by atoms with Crippen molar-refractivity contribution in [2.75, 3.05) is 0 Å². The monoisotopic (exact) mass is 354 g/mol. The van der Waals surface area contributed by atoms with Gasteiger partial charge in [-0.05, 0) is 50.3 Å². The van der Waals surface area contributed by atoms with E-state index in [0.29, 0.717) is 17.1 Å². The minimum Gasteiger partial charge on any atom is -0.408 e. The molecule has 1 N–H and O–H groups in total. The van der Waals surface area contributed by atoms with Gasteiger partial charge in [0.15, 0.2) is 5.58 Å². The van der Waals surface area contributed by atoms with Gasteiger partial charge in [0.25, 0.3) is 0 Å². The lowest BCUT2D eigenvalue weighted by molar-refractivity contribution is -0.122. The molecule has 26 heavy (non-hydrogen) atoms. The molecule has 4 rings (SSSR count). The number of hydrogen-bond acceptors (Lipinski definition) is 4. The summed E-state index contributed by atoms with van der Waals surface area (Å²) in [7, 11) is 0. The smallest absolute Gasteiger partial charge is 0.408 e. The van der Waals surface area contributed by atoms with Crippen LogP contribution in [-0.4, -0.2) is 26.3 Å². The van der Waals surface area contributed by atoms with Crippen LogP contribution in [0.4, 0.5) is 0 Å². The van der Waals surface area contributed by atoms with Crippen LogP contribution in [0.5, 0.6) is 0 Å². The SMILES string of the molecule is Cc1cnn(C2CCC(NC(=O)Cn3c(=O)oc4ccccc43)CC2)c1. The molecule has 1 aliphatic rings. The number of aryl methyl sites for hydroxylation is 1. The van der Waals surface area contributed by atoms with E-state index < -0.39 is 5.76 Å². The molecule has 3 aromatic rings. The molecular weight excluding hydrogens is 332 g/mol. The third-order valence-electron chi connectivity index (χ3n) is 5.04. The molecule has 0 saturated heterocycles. The standard InChI is InChI=1S/C19H22N4O3/c1-13-10-20-23(11-13)15-8-6-14(7-9-15)21-18(24)12-22-16-4-2-3-5-17(16)26-19(22)25/h2-5,10-11,14-15H,6-9,12H2,1H3,(H,21,24). The van der Waals surface area contributed by atoms with Crippen LogP contribution in [0.3, 0.4) is 0 Å². The van der Waals surface area contributed by atoms with Gasteiger partial charge in [-0.25, -0.2) is 4.79 Å². The second-order valence-corrected chi connectivity index (χ2v) is 6.99. The lowest BCUT2D eigenvalue weighted by atomic mass is 9.91. The molecule has 136 valence electrons. The van der Waals surface area contributed by atoms with Crippen molar-refractivity contribution in [3.05, 3.63) is 52.8 Å². The molecule has 0 unspecified atom stereocenters. The predicted octanol–water partition coefficient (Wildman–Crippen LogP) is 2.40. The maximum atomic E-state index is 12.4. The fourth-order valence-electron chi connectivity index (χ4n) is 3.70. The predicted molar refractivity (Wildman–Crippen MR) is 96.9 cm³/mol. The lowest BCUT2D eigenvalue weighted by Crippen LogP contribution is -2.40. The lowest BCUT2D eigenvalue weighted by Gasteiger charge is -2.29. The topological polar surface area (TPSA) is 82.1 Å². The highest BCUT2D eigenvalue weighted by Crippen LogP contribution is 2.28. The van der Waals surface area contributed by atoms with Gasteiger partial charge >= 0.3 is 5.76 Å². The molecular formula is C19H22N4O3. The number of oxazole rings is 1. The molecule has 1 aromatic carbocycles. The second-order valence-electron chi connectivity index (χ2n) is 6.99. The average molecular weight is 354 g/mol. The van der Waals surface area contributed by atoms with E-state index in [1.54, 1.807) is 18.2 Å². The number of hydrogen-bond donors (Lipinski definition) is 1. The van der Waals surface area contributed by atoms with E-state index in [4.69, 9.17) is 4.42 Å². The third-order valence-corrected chi connectivity index (χ3v) is 5.04. The van der Waals surface area contributed by atoms with Crippen molar-refractivity contribution in [2.45, 2.75) is 51.2 Å². The van der Waals surface area contributed by atoms with E-state index in [0.717, 1.165) is 25.7 Å². The van der Waals surface area contributed by atoms with E-state index in [-0.39, 0.29) is 18.5 Å². The highest BCUT2D eigenvalue weighted by atomic mass is 16.4. The minimum atomic E-state index is -0.501. The van der Waals surface area contributed by atoms with Crippen molar-refractivity contribution >= 4 is 17.0 Å². The molecule has 1 aliphatic carbocycles. The molecule has 7 nitrogen and oxygen atoms in total. The van der Waals surface area contributed by atoms with Crippen LogP contribution in [0.15, 0.2) is 45.9 Å². The molecule has 1 saturated carbocycles. The van der Waals surface area contributed by atoms with Crippen LogP contribution in [0.2, 0.25) is 0 Å². The van der Waals surface area contributed by atoms with E-state index in [1.807, 2.05) is 23.9 Å². The van der Waals surface area contributed by atoms with Gasteiger partial charge < -0.3 is 9.73 Å². The fraction of sp³-hybridized carbons (Fsp3) is 0.421. The number of rotatable bonds is 4. The quantitative estimate of drug-likeness (QED) is 0.780. The molecule has 0 radical (unpaired) electrons. The summed E-state index contributed by atoms with van der Waals surface area (Å²) < 4.78 is 8.58. The number of nitrogens with one attached hydrogen (secondary N) is 1. The maximum absolute atomic E-state index is 12.4. The Labute approximate surface area is 150 Å². The van der Waals surface area contributed by atoms with Crippen LogP contribution < -0.4 is 11.1 Å². The van der Waals surface area contributed by atoms with Crippen molar-refractivity contribution in [3.63, 3.8) is 0 Å². The van der Waals surface area contributed by atoms with E-state index in [9.17, 15) is 9.59 Å². The first-order valence-corrected chi connectivity index (χ1v) is 8.98. The highest BCUT2D eigenvalue weighted by molar-refractivity contribution is 5.79. The van der Waals surface area contributed by atoms with Crippen LogP contribution >= 0.6 is 0 Å². The van der Waals surface area contributed by atoms with Gasteiger partial charge in [-0.1, -0.05) is 12.1 Å². The Bertz CT molecular complexity index is 976. The Morgan fingerprint density at radius 2 is 2.04 bits per heavy atom. The van der Waals surface area contributed by atoms with Gasteiger partial charge in [-0.15, -0.1) is 0 Å². The molecule has 0 bridgehead atoms. The second kappa shape index (κ2) is 6.82. The Balaban J connectivity index is 1.35. The third kappa shape index (κ3) is 3.29. The van der Waals surface area contributed by atoms with Crippen molar-refractivity contribution in [1.82, 2.24) is 19.7 Å². The summed E-state index contributed by atoms with van der Waals surface area (Å²) in [4.78, 5) is 24.4. The van der Waals surface area contributed by atoms with Crippen LogP contribution in [0, 0.1) is 6.92 Å². The van der Waals surface area contributed by atoms with Gasteiger partial charge in [0.2, 0.25) is 5.91 Å². The molecule has 0 spiro atoms. The van der Waals surface area contributed by atoms with Gasteiger partial charge in [0.05, 0.1) is 17.8 Å². The molecule has 2 aromatic heterocycles. The van der Waals surface area contributed by atoms with E-state index >= 15 is 0 Å². The number of benzene rings is 1. The van der Waals surface area contributed by atoms with Crippen LogP contribution in [0.1, 0.15) is 37.3 Å². The first-order chi connectivity index (χ1) is 12.6. The highest BCUT2D eigenvalue weighted by Gasteiger charge is 2.24. The van der Waals surface area contributed by atoms with E-state index in [1.165, 1.54) is 10.1 Å². The summed E-state index contributed by atoms with van der Waals surface area (Å²) in [6.45, 7) is 2.02. The fourth-order valence-corrected chi connectivity index (χ4v) is 3.70. The van der Waals surface area contributed by atoms with Crippen molar-refractivity contribution < 1.29 is 9.21 Å². The average Bonchev–Trinajstić information content (AvgIpc) is 3.19. The summed E-state index contributed by atoms with van der Waals surface area (Å²) in [5, 5.41) is 7.45. The first kappa shape index (κ1) is 16.6. The largest absolute Gasteiger partial charge is 0.420 e. The number of carbonyl (C=O) groups is 1. The zero-order valence-corrected chi connectivity index (χ0v) is 14.7. The van der Waals surface area contributed by atoms with Crippen molar-refractivity contribution in [3.8, 4) is 0 Å². The number of amides is 1. The van der Waals surface area contributed by atoms with Gasteiger partial charge in [0, 0.05) is 12.2 Å². The minimum absolute atomic E-state index is 0.0197. The first-order valence-electron chi connectivity index (χ1n) is 8.98. The molecule has 1 fully saturated rings. The maximum Gasteiger partial charge on any atom is 0.420 e.